The Balaban J connectivity index is 2.29. The Morgan fingerprint density at radius 1 is 1.43 bits per heavy atom. The van der Waals surface area contributed by atoms with Crippen LogP contribution in [0.4, 0.5) is 10.2 Å². The summed E-state index contributed by atoms with van der Waals surface area (Å²) in [4.78, 5) is 7.42. The minimum absolute atomic E-state index is 0.0924. The van der Waals surface area contributed by atoms with Crippen LogP contribution in [-0.2, 0) is 6.42 Å². The summed E-state index contributed by atoms with van der Waals surface area (Å²) < 4.78 is 13.3. The van der Waals surface area contributed by atoms with Gasteiger partial charge in [-0.3, -0.25) is 0 Å². The normalized spacial score (nSPS) is 10.4. The Hall–Kier alpha value is -1.49. The lowest BCUT2D eigenvalue weighted by atomic mass is 10.2. The van der Waals surface area contributed by atoms with E-state index in [0.29, 0.717) is 12.1 Å². The molecule has 2 aromatic rings. The van der Waals surface area contributed by atoms with E-state index in [4.69, 9.17) is 5.73 Å². The predicted octanol–water partition coefficient (Wildman–Crippen LogP) is 1.85. The summed E-state index contributed by atoms with van der Waals surface area (Å²) in [6.07, 6.45) is 1.74. The van der Waals surface area contributed by atoms with Crippen LogP contribution in [0.3, 0.4) is 0 Å². The van der Waals surface area contributed by atoms with Crippen molar-refractivity contribution in [1.82, 2.24) is 9.97 Å². The molecule has 72 valence electrons. The molecule has 2 aromatic heterocycles. The third kappa shape index (κ3) is 1.72. The Morgan fingerprint density at radius 3 is 3.00 bits per heavy atom. The zero-order valence-electron chi connectivity index (χ0n) is 7.27. The Kier molecular flexibility index (Phi) is 2.41. The Labute approximate surface area is 84.4 Å². The lowest BCUT2D eigenvalue weighted by molar-refractivity contribution is 0.602. The first-order chi connectivity index (χ1) is 6.77. The van der Waals surface area contributed by atoms with Gasteiger partial charge in [0.05, 0.1) is 5.69 Å². The molecule has 14 heavy (non-hydrogen) atoms. The minimum Gasteiger partial charge on any atom is -0.381 e. The van der Waals surface area contributed by atoms with Crippen LogP contribution in [0.15, 0.2) is 23.2 Å². The molecule has 0 spiro atoms. The van der Waals surface area contributed by atoms with E-state index in [2.05, 4.69) is 9.97 Å². The zero-order valence-corrected chi connectivity index (χ0v) is 8.09. The van der Waals surface area contributed by atoms with Gasteiger partial charge in [0.25, 0.3) is 0 Å². The van der Waals surface area contributed by atoms with Crippen molar-refractivity contribution in [2.24, 2.45) is 0 Å². The van der Waals surface area contributed by atoms with Crippen molar-refractivity contribution >= 4 is 17.2 Å². The molecule has 0 atom stereocenters. The van der Waals surface area contributed by atoms with Gasteiger partial charge in [0, 0.05) is 6.42 Å². The molecule has 0 aliphatic heterocycles. The quantitative estimate of drug-likeness (QED) is 0.821. The van der Waals surface area contributed by atoms with Gasteiger partial charge in [-0.1, -0.05) is 0 Å². The predicted molar refractivity (Wildman–Crippen MR) is 53.5 cm³/mol. The van der Waals surface area contributed by atoms with Gasteiger partial charge < -0.3 is 5.73 Å². The molecular formula is C9H8FN3S. The van der Waals surface area contributed by atoms with Crippen molar-refractivity contribution in [3.8, 4) is 0 Å². The summed E-state index contributed by atoms with van der Waals surface area (Å²) in [6.45, 7) is 0. The number of nitrogen functional groups attached to an aromatic ring is 1. The van der Waals surface area contributed by atoms with E-state index < -0.39 is 5.82 Å². The SMILES string of the molecule is Nc1ncnc(Cc2ccsc2)c1F. The summed E-state index contributed by atoms with van der Waals surface area (Å²) in [5, 5.41) is 3.90. The highest BCUT2D eigenvalue weighted by atomic mass is 32.1. The standard InChI is InChI=1S/C9H8FN3S/c10-8-7(12-5-13-9(8)11)3-6-1-2-14-4-6/h1-2,4-5H,3H2,(H2,11,12,13). The molecule has 2 rings (SSSR count). The number of thiophene rings is 1. The first-order valence-electron chi connectivity index (χ1n) is 4.03. The lowest BCUT2D eigenvalue weighted by Gasteiger charge is -2.01. The number of rotatable bonds is 2. The topological polar surface area (TPSA) is 51.8 Å². The van der Waals surface area contributed by atoms with Crippen molar-refractivity contribution < 1.29 is 4.39 Å². The molecule has 0 unspecified atom stereocenters. The van der Waals surface area contributed by atoms with Crippen LogP contribution < -0.4 is 5.73 Å². The maximum Gasteiger partial charge on any atom is 0.187 e. The summed E-state index contributed by atoms with van der Waals surface area (Å²) in [6, 6.07) is 1.93. The Bertz CT molecular complexity index is 428. The second kappa shape index (κ2) is 3.71. The maximum absolute atomic E-state index is 13.3. The first kappa shape index (κ1) is 9.08. The van der Waals surface area contributed by atoms with Gasteiger partial charge >= 0.3 is 0 Å². The highest BCUT2D eigenvalue weighted by molar-refractivity contribution is 7.07. The van der Waals surface area contributed by atoms with Crippen LogP contribution in [0.2, 0.25) is 0 Å². The molecule has 2 heterocycles. The molecule has 0 aromatic carbocycles. The highest BCUT2D eigenvalue weighted by Crippen LogP contribution is 2.15. The number of nitrogens with two attached hydrogens (primary N) is 1. The van der Waals surface area contributed by atoms with Gasteiger partial charge in [-0.25, -0.2) is 14.4 Å². The zero-order chi connectivity index (χ0) is 9.97. The molecule has 0 amide bonds. The van der Waals surface area contributed by atoms with E-state index in [-0.39, 0.29) is 5.82 Å². The second-order valence-electron chi connectivity index (χ2n) is 2.83. The first-order valence-corrected chi connectivity index (χ1v) is 4.97. The van der Waals surface area contributed by atoms with Crippen LogP contribution in [0.1, 0.15) is 11.3 Å². The molecule has 5 heteroatoms. The van der Waals surface area contributed by atoms with Crippen LogP contribution in [0, 0.1) is 5.82 Å². The average molecular weight is 209 g/mol. The third-order valence-electron chi connectivity index (χ3n) is 1.84. The molecule has 0 radical (unpaired) electrons. The molecule has 0 fully saturated rings. The van der Waals surface area contributed by atoms with E-state index in [1.165, 1.54) is 6.33 Å². The van der Waals surface area contributed by atoms with Gasteiger partial charge in [-0.2, -0.15) is 11.3 Å². The molecule has 0 aliphatic rings. The molecule has 0 saturated carbocycles. The van der Waals surface area contributed by atoms with Crippen molar-refractivity contribution in [3.05, 3.63) is 40.2 Å². The number of anilines is 1. The van der Waals surface area contributed by atoms with Gasteiger partial charge in [0.2, 0.25) is 0 Å². The third-order valence-corrected chi connectivity index (χ3v) is 2.57. The summed E-state index contributed by atoms with van der Waals surface area (Å²) in [7, 11) is 0. The summed E-state index contributed by atoms with van der Waals surface area (Å²) >= 11 is 1.57. The van der Waals surface area contributed by atoms with Crippen LogP contribution in [0.25, 0.3) is 0 Å². The number of halogens is 1. The number of aromatic nitrogens is 2. The van der Waals surface area contributed by atoms with E-state index in [1.807, 2.05) is 16.8 Å². The van der Waals surface area contributed by atoms with Gasteiger partial charge in [0.1, 0.15) is 6.33 Å². The molecule has 2 N–H and O–H groups in total. The second-order valence-corrected chi connectivity index (χ2v) is 3.61. The summed E-state index contributed by atoms with van der Waals surface area (Å²) in [5.74, 6) is -0.607. The molecule has 0 saturated heterocycles. The average Bonchev–Trinajstić information content (AvgIpc) is 2.66. The van der Waals surface area contributed by atoms with Crippen molar-refractivity contribution in [2.45, 2.75) is 6.42 Å². The number of hydrogen-bond acceptors (Lipinski definition) is 4. The van der Waals surface area contributed by atoms with E-state index >= 15 is 0 Å². The van der Waals surface area contributed by atoms with Crippen molar-refractivity contribution in [3.63, 3.8) is 0 Å². The Morgan fingerprint density at radius 2 is 2.29 bits per heavy atom. The fraction of sp³-hybridized carbons (Fsp3) is 0.111. The fourth-order valence-electron chi connectivity index (χ4n) is 1.13. The fourth-order valence-corrected chi connectivity index (χ4v) is 1.80. The van der Waals surface area contributed by atoms with Gasteiger partial charge in [0.15, 0.2) is 11.6 Å². The highest BCUT2D eigenvalue weighted by Gasteiger charge is 2.08. The van der Waals surface area contributed by atoms with Gasteiger partial charge in [-0.05, 0) is 22.4 Å². The van der Waals surface area contributed by atoms with Crippen molar-refractivity contribution in [2.75, 3.05) is 5.73 Å². The molecule has 3 nitrogen and oxygen atoms in total. The minimum atomic E-state index is -0.515. The van der Waals surface area contributed by atoms with E-state index in [0.717, 1.165) is 5.56 Å². The molecular weight excluding hydrogens is 201 g/mol. The molecule has 0 bridgehead atoms. The number of nitrogens with zero attached hydrogens (tertiary/aromatic N) is 2. The lowest BCUT2D eigenvalue weighted by Crippen LogP contribution is -2.02. The van der Waals surface area contributed by atoms with Crippen LogP contribution in [-0.4, -0.2) is 9.97 Å². The van der Waals surface area contributed by atoms with Gasteiger partial charge in [-0.15, -0.1) is 0 Å². The smallest absolute Gasteiger partial charge is 0.187 e. The van der Waals surface area contributed by atoms with E-state index in [9.17, 15) is 4.39 Å². The maximum atomic E-state index is 13.3. The summed E-state index contributed by atoms with van der Waals surface area (Å²) in [5.41, 5.74) is 6.70. The van der Waals surface area contributed by atoms with Crippen molar-refractivity contribution in [1.29, 1.82) is 0 Å². The van der Waals surface area contributed by atoms with E-state index in [1.54, 1.807) is 11.3 Å². The number of hydrogen-bond donors (Lipinski definition) is 1. The molecule has 0 aliphatic carbocycles. The monoisotopic (exact) mass is 209 g/mol. The van der Waals surface area contributed by atoms with Crippen LogP contribution >= 0.6 is 11.3 Å². The largest absolute Gasteiger partial charge is 0.381 e. The van der Waals surface area contributed by atoms with Crippen LogP contribution in [0.5, 0.6) is 0 Å².